The quantitative estimate of drug-likeness (QED) is 0.418. The van der Waals surface area contributed by atoms with Crippen molar-refractivity contribution in [3.8, 4) is 0 Å². The zero-order valence-corrected chi connectivity index (χ0v) is 22.2. The number of halogens is 2. The first-order valence-electron chi connectivity index (χ1n) is 12.0. The molecule has 0 spiro atoms. The van der Waals surface area contributed by atoms with Crippen LogP contribution in [0.1, 0.15) is 62.4 Å². The summed E-state index contributed by atoms with van der Waals surface area (Å²) in [6, 6.07) is 8.95. The Morgan fingerprint density at radius 2 is 1.89 bits per heavy atom. The monoisotopic (exact) mass is 532 g/mol. The number of fused-ring (bicyclic) bond motifs is 1. The van der Waals surface area contributed by atoms with E-state index in [1.165, 1.54) is 28.8 Å². The molecule has 2 amide bonds. The minimum absolute atomic E-state index is 0.0116. The molecule has 0 radical (unpaired) electrons. The molecule has 0 saturated heterocycles. The second-order valence-corrected chi connectivity index (χ2v) is 11.8. The maximum absolute atomic E-state index is 15.0. The molecule has 1 heterocycles. The molecular formula is C27H30ClFN2O4S. The van der Waals surface area contributed by atoms with E-state index in [9.17, 15) is 14.4 Å². The first kappa shape index (κ1) is 26.5. The van der Waals surface area contributed by atoms with E-state index in [-0.39, 0.29) is 36.0 Å². The minimum atomic E-state index is -0.901. The van der Waals surface area contributed by atoms with Gasteiger partial charge in [-0.2, -0.15) is 0 Å². The van der Waals surface area contributed by atoms with E-state index < -0.39 is 23.6 Å². The average molecular weight is 533 g/mol. The molecule has 1 N–H and O–H groups in total. The number of Topliss-reactive ketones (excluding diaryl/α,β-unsaturated/α-hetero) is 1. The summed E-state index contributed by atoms with van der Waals surface area (Å²) in [5.41, 5.74) is 0.509. The summed E-state index contributed by atoms with van der Waals surface area (Å²) in [4.78, 5) is 41.0. The van der Waals surface area contributed by atoms with E-state index >= 15 is 4.39 Å². The Morgan fingerprint density at radius 1 is 1.19 bits per heavy atom. The van der Waals surface area contributed by atoms with Crippen molar-refractivity contribution in [2.45, 2.75) is 69.5 Å². The fraction of sp³-hybridized carbons (Fsp3) is 0.444. The minimum Gasteiger partial charge on any atom is -0.444 e. The number of carbonyl (C=O) groups excluding carboxylic acids is 3. The summed E-state index contributed by atoms with van der Waals surface area (Å²) in [5, 5.41) is 3.22. The second kappa shape index (κ2) is 10.8. The van der Waals surface area contributed by atoms with Crippen molar-refractivity contribution in [2.75, 3.05) is 10.7 Å². The zero-order chi connectivity index (χ0) is 26.0. The number of nitrogens with zero attached hydrogens (tertiary/aromatic N) is 1. The van der Waals surface area contributed by atoms with Crippen LogP contribution in [0.2, 0.25) is 5.02 Å². The number of anilines is 1. The summed E-state index contributed by atoms with van der Waals surface area (Å²) in [5.74, 6) is -0.490. The van der Waals surface area contributed by atoms with E-state index in [2.05, 4.69) is 5.32 Å². The molecule has 9 heteroatoms. The van der Waals surface area contributed by atoms with Gasteiger partial charge in [0.15, 0.2) is 5.78 Å². The van der Waals surface area contributed by atoms with Crippen molar-refractivity contribution >= 4 is 46.8 Å². The van der Waals surface area contributed by atoms with Gasteiger partial charge in [-0.05, 0) is 62.9 Å². The topological polar surface area (TPSA) is 75.7 Å². The van der Waals surface area contributed by atoms with Gasteiger partial charge in [0.25, 0.3) is 5.91 Å². The number of ether oxygens (including phenoxy) is 1. The first-order chi connectivity index (χ1) is 17.0. The molecule has 1 fully saturated rings. The van der Waals surface area contributed by atoms with Crippen molar-refractivity contribution in [2.24, 2.45) is 5.92 Å². The number of hydrogen-bond donors (Lipinski definition) is 1. The molecule has 2 aromatic rings. The van der Waals surface area contributed by atoms with Gasteiger partial charge in [-0.15, -0.1) is 11.8 Å². The standard InChI is InChI=1S/C27H30ClFN2O4S/c1-27(2,3)35-26(34)30-21-15-36-24-13-20(29)19(23(32)11-8-16-4-5-16)12-22(24)31(25(21)33)14-17-6-9-18(28)10-7-17/h6-7,9-10,12-13,16,21H,4-5,8,11,14-15H2,1-3H3,(H,30,34)/t21-/m0/s1. The molecule has 0 bridgehead atoms. The number of hydrogen-bond acceptors (Lipinski definition) is 5. The van der Waals surface area contributed by atoms with Crippen LogP contribution in [-0.4, -0.2) is 35.2 Å². The van der Waals surface area contributed by atoms with Crippen molar-refractivity contribution in [1.82, 2.24) is 5.32 Å². The third-order valence-corrected chi connectivity index (χ3v) is 7.42. The third-order valence-electron chi connectivity index (χ3n) is 6.03. The number of nitrogens with one attached hydrogen (secondary N) is 1. The number of amides is 2. The van der Waals surface area contributed by atoms with Gasteiger partial charge in [0.05, 0.1) is 17.8 Å². The molecule has 192 valence electrons. The highest BCUT2D eigenvalue weighted by Gasteiger charge is 2.34. The van der Waals surface area contributed by atoms with E-state index in [0.29, 0.717) is 21.5 Å². The summed E-state index contributed by atoms with van der Waals surface area (Å²) in [7, 11) is 0. The lowest BCUT2D eigenvalue weighted by atomic mass is 10.0. The fourth-order valence-corrected chi connectivity index (χ4v) is 5.20. The highest BCUT2D eigenvalue weighted by atomic mass is 35.5. The van der Waals surface area contributed by atoms with Crippen LogP contribution in [0.25, 0.3) is 0 Å². The third kappa shape index (κ3) is 6.79. The molecule has 2 aromatic carbocycles. The molecular weight excluding hydrogens is 503 g/mol. The van der Waals surface area contributed by atoms with Crippen LogP contribution < -0.4 is 10.2 Å². The number of thioether (sulfide) groups is 1. The van der Waals surface area contributed by atoms with Gasteiger partial charge in [0, 0.05) is 22.1 Å². The van der Waals surface area contributed by atoms with Gasteiger partial charge in [-0.1, -0.05) is 36.6 Å². The lowest BCUT2D eigenvalue weighted by Gasteiger charge is -2.27. The van der Waals surface area contributed by atoms with Crippen molar-refractivity contribution < 1.29 is 23.5 Å². The Labute approximate surface area is 219 Å². The van der Waals surface area contributed by atoms with Crippen LogP contribution in [-0.2, 0) is 16.1 Å². The molecule has 6 nitrogen and oxygen atoms in total. The van der Waals surface area contributed by atoms with Crippen molar-refractivity contribution in [3.63, 3.8) is 0 Å². The highest BCUT2D eigenvalue weighted by molar-refractivity contribution is 7.99. The van der Waals surface area contributed by atoms with Crippen LogP contribution >= 0.6 is 23.4 Å². The SMILES string of the molecule is CC(C)(C)OC(=O)N[C@H]1CSc2cc(F)c(C(=O)CCC3CC3)cc2N(Cc2ccc(Cl)cc2)C1=O. The van der Waals surface area contributed by atoms with Crippen LogP contribution in [0.4, 0.5) is 14.9 Å². The lowest BCUT2D eigenvalue weighted by molar-refractivity contribution is -0.120. The summed E-state index contributed by atoms with van der Waals surface area (Å²) in [6.07, 6.45) is 2.56. The van der Waals surface area contributed by atoms with Crippen LogP contribution in [0.3, 0.4) is 0 Å². The Balaban J connectivity index is 1.66. The molecule has 1 atom stereocenters. The molecule has 1 saturated carbocycles. The van der Waals surface area contributed by atoms with Gasteiger partial charge in [-0.25, -0.2) is 9.18 Å². The predicted octanol–water partition coefficient (Wildman–Crippen LogP) is 6.38. The highest BCUT2D eigenvalue weighted by Crippen LogP contribution is 2.39. The van der Waals surface area contributed by atoms with Gasteiger partial charge in [0.1, 0.15) is 17.5 Å². The van der Waals surface area contributed by atoms with Crippen LogP contribution in [0.15, 0.2) is 41.3 Å². The maximum atomic E-state index is 15.0. The van der Waals surface area contributed by atoms with Crippen LogP contribution in [0.5, 0.6) is 0 Å². The fourth-order valence-electron chi connectivity index (χ4n) is 4.00. The Hall–Kier alpha value is -2.58. The Bertz CT molecular complexity index is 1160. The number of carbonyl (C=O) groups is 3. The van der Waals surface area contributed by atoms with Crippen molar-refractivity contribution in [1.29, 1.82) is 0 Å². The zero-order valence-electron chi connectivity index (χ0n) is 20.6. The van der Waals surface area contributed by atoms with Gasteiger partial charge < -0.3 is 15.0 Å². The van der Waals surface area contributed by atoms with Crippen LogP contribution in [0, 0.1) is 11.7 Å². The second-order valence-electron chi connectivity index (χ2n) is 10.3. The first-order valence-corrected chi connectivity index (χ1v) is 13.4. The number of benzene rings is 2. The summed E-state index contributed by atoms with van der Waals surface area (Å²) < 4.78 is 20.4. The van der Waals surface area contributed by atoms with Crippen molar-refractivity contribution in [3.05, 3.63) is 58.4 Å². The van der Waals surface area contributed by atoms with E-state index in [4.69, 9.17) is 16.3 Å². The molecule has 36 heavy (non-hydrogen) atoms. The van der Waals surface area contributed by atoms with E-state index in [1.54, 1.807) is 45.0 Å². The van der Waals surface area contributed by atoms with Gasteiger partial charge in [0.2, 0.25) is 0 Å². The van der Waals surface area contributed by atoms with E-state index in [1.807, 2.05) is 0 Å². The summed E-state index contributed by atoms with van der Waals surface area (Å²) in [6.45, 7) is 5.38. The van der Waals surface area contributed by atoms with Gasteiger partial charge >= 0.3 is 6.09 Å². The van der Waals surface area contributed by atoms with Gasteiger partial charge in [-0.3, -0.25) is 9.59 Å². The number of ketones is 1. The molecule has 1 aliphatic carbocycles. The lowest BCUT2D eigenvalue weighted by Crippen LogP contribution is -2.50. The largest absolute Gasteiger partial charge is 0.444 e. The summed E-state index contributed by atoms with van der Waals surface area (Å²) >= 11 is 7.28. The molecule has 2 aliphatic rings. The molecule has 4 rings (SSSR count). The maximum Gasteiger partial charge on any atom is 0.408 e. The smallest absolute Gasteiger partial charge is 0.408 e. The predicted molar refractivity (Wildman–Crippen MR) is 139 cm³/mol. The normalized spacial score (nSPS) is 17.9. The molecule has 1 aliphatic heterocycles. The number of rotatable bonds is 7. The Kier molecular flexibility index (Phi) is 7.95. The van der Waals surface area contributed by atoms with E-state index in [0.717, 1.165) is 24.8 Å². The average Bonchev–Trinajstić information content (AvgIpc) is 3.63. The molecule has 0 unspecified atom stereocenters. The Morgan fingerprint density at radius 3 is 2.53 bits per heavy atom. The molecule has 0 aromatic heterocycles. The number of alkyl carbamates (subject to hydrolysis) is 1.